The lowest BCUT2D eigenvalue weighted by molar-refractivity contribution is 0.0116. The van der Waals surface area contributed by atoms with Crippen LogP contribution in [0.5, 0.6) is 0 Å². The molecule has 4 heteroatoms. The zero-order valence-corrected chi connectivity index (χ0v) is 11.2. The molecule has 0 spiro atoms. The first-order valence-corrected chi connectivity index (χ1v) is 5.92. The molecule has 17 heavy (non-hydrogen) atoms. The third-order valence-electron chi connectivity index (χ3n) is 3.08. The largest absolute Gasteiger partial charge is 0.379 e. The molecule has 1 aromatic heterocycles. The van der Waals surface area contributed by atoms with Crippen LogP contribution >= 0.6 is 0 Å². The summed E-state index contributed by atoms with van der Waals surface area (Å²) in [4.78, 5) is 4.35. The predicted molar refractivity (Wildman–Crippen MR) is 69.4 cm³/mol. The van der Waals surface area contributed by atoms with E-state index < -0.39 is 0 Å². The molecule has 1 aromatic rings. The number of nitrogens with two attached hydrogens (primary N) is 1. The van der Waals surface area contributed by atoms with Gasteiger partial charge in [-0.05, 0) is 51.3 Å². The molecule has 0 aromatic carbocycles. The highest BCUT2D eigenvalue weighted by atomic mass is 16.5. The molecule has 1 unspecified atom stereocenters. The minimum Gasteiger partial charge on any atom is -0.379 e. The molecule has 0 saturated carbocycles. The molecule has 96 valence electrons. The van der Waals surface area contributed by atoms with E-state index in [2.05, 4.69) is 37.2 Å². The fourth-order valence-corrected chi connectivity index (χ4v) is 1.66. The van der Waals surface area contributed by atoms with Gasteiger partial charge in [-0.2, -0.15) is 0 Å². The monoisotopic (exact) mass is 237 g/mol. The molecule has 1 rings (SSSR count). The number of nitrogens with zero attached hydrogens (tertiary/aromatic N) is 1. The van der Waals surface area contributed by atoms with Crippen LogP contribution in [0.25, 0.3) is 0 Å². The van der Waals surface area contributed by atoms with Crippen LogP contribution in [0.1, 0.15) is 44.0 Å². The van der Waals surface area contributed by atoms with Crippen LogP contribution < -0.4 is 11.3 Å². The number of ether oxygens (including phenoxy) is 1. The second-order valence-corrected chi connectivity index (χ2v) is 4.98. The van der Waals surface area contributed by atoms with Gasteiger partial charge in [-0.3, -0.25) is 16.3 Å². The fourth-order valence-electron chi connectivity index (χ4n) is 1.66. The maximum atomic E-state index is 5.59. The zero-order valence-electron chi connectivity index (χ0n) is 11.2. The summed E-state index contributed by atoms with van der Waals surface area (Å²) >= 11 is 0. The molecule has 0 saturated heterocycles. The molecule has 0 aliphatic carbocycles. The highest BCUT2D eigenvalue weighted by Crippen LogP contribution is 2.23. The Bertz CT molecular complexity index is 352. The zero-order chi connectivity index (χ0) is 12.9. The minimum absolute atomic E-state index is 0.0734. The van der Waals surface area contributed by atoms with Gasteiger partial charge in [-0.1, -0.05) is 0 Å². The molecule has 1 heterocycles. The summed E-state index contributed by atoms with van der Waals surface area (Å²) in [6.07, 6.45) is 3.64. The maximum absolute atomic E-state index is 5.59. The van der Waals surface area contributed by atoms with E-state index in [9.17, 15) is 0 Å². The standard InChI is InChI=1S/C13H23N3O/c1-10-6-8-15-12(9-10)11(16-14)5-7-13(2,3)17-4/h6,8-9,11,16H,5,7,14H2,1-4H3. The number of hydrogen-bond donors (Lipinski definition) is 2. The number of aryl methyl sites for hydroxylation is 1. The summed E-state index contributed by atoms with van der Waals surface area (Å²) in [5.74, 6) is 5.59. The molecule has 3 N–H and O–H groups in total. The van der Waals surface area contributed by atoms with Crippen molar-refractivity contribution in [3.63, 3.8) is 0 Å². The summed E-state index contributed by atoms with van der Waals surface area (Å²) in [6.45, 7) is 6.20. The lowest BCUT2D eigenvalue weighted by Crippen LogP contribution is -2.31. The molecule has 1 atom stereocenters. The number of rotatable bonds is 6. The number of aromatic nitrogens is 1. The van der Waals surface area contributed by atoms with Crippen LogP contribution in [0.2, 0.25) is 0 Å². The van der Waals surface area contributed by atoms with E-state index in [0.717, 1.165) is 18.5 Å². The van der Waals surface area contributed by atoms with Crippen molar-refractivity contribution in [1.29, 1.82) is 0 Å². The summed E-state index contributed by atoms with van der Waals surface area (Å²) in [7, 11) is 1.73. The second kappa shape index (κ2) is 6.10. The highest BCUT2D eigenvalue weighted by Gasteiger charge is 2.20. The van der Waals surface area contributed by atoms with Crippen LogP contribution in [-0.2, 0) is 4.74 Å². The summed E-state index contributed by atoms with van der Waals surface area (Å²) in [5.41, 5.74) is 4.88. The number of hydrazine groups is 1. The minimum atomic E-state index is -0.126. The topological polar surface area (TPSA) is 60.2 Å². The van der Waals surface area contributed by atoms with Gasteiger partial charge < -0.3 is 4.74 Å². The molecule has 0 aliphatic rings. The Morgan fingerprint density at radius 3 is 2.76 bits per heavy atom. The Morgan fingerprint density at radius 2 is 2.24 bits per heavy atom. The smallest absolute Gasteiger partial charge is 0.0633 e. The maximum Gasteiger partial charge on any atom is 0.0633 e. The van der Waals surface area contributed by atoms with E-state index in [1.165, 1.54) is 5.56 Å². The van der Waals surface area contributed by atoms with E-state index in [0.29, 0.717) is 0 Å². The van der Waals surface area contributed by atoms with Gasteiger partial charge in [-0.15, -0.1) is 0 Å². The second-order valence-electron chi connectivity index (χ2n) is 4.98. The molecule has 0 amide bonds. The number of pyridine rings is 1. The normalized spacial score (nSPS) is 13.7. The fraction of sp³-hybridized carbons (Fsp3) is 0.615. The Labute approximate surface area is 104 Å². The lowest BCUT2D eigenvalue weighted by Gasteiger charge is -2.25. The first-order valence-electron chi connectivity index (χ1n) is 5.92. The van der Waals surface area contributed by atoms with Gasteiger partial charge in [0.1, 0.15) is 0 Å². The molecule has 0 fully saturated rings. The van der Waals surface area contributed by atoms with E-state index in [1.54, 1.807) is 7.11 Å². The van der Waals surface area contributed by atoms with Crippen LogP contribution in [0, 0.1) is 6.92 Å². The predicted octanol–water partition coefficient (Wildman–Crippen LogP) is 2.10. The van der Waals surface area contributed by atoms with Crippen molar-refractivity contribution in [2.24, 2.45) is 5.84 Å². The Kier molecular flexibility index (Phi) is 5.05. The van der Waals surface area contributed by atoms with Gasteiger partial charge in [0.05, 0.1) is 17.3 Å². The van der Waals surface area contributed by atoms with Gasteiger partial charge in [0, 0.05) is 13.3 Å². The summed E-state index contributed by atoms with van der Waals surface area (Å²) < 4.78 is 5.40. The molecule has 0 aliphatic heterocycles. The average Bonchev–Trinajstić information content (AvgIpc) is 2.30. The van der Waals surface area contributed by atoms with Gasteiger partial charge in [-0.25, -0.2) is 0 Å². The number of nitrogens with one attached hydrogen (secondary N) is 1. The van der Waals surface area contributed by atoms with Crippen LogP contribution in [0.3, 0.4) is 0 Å². The van der Waals surface area contributed by atoms with E-state index >= 15 is 0 Å². The quantitative estimate of drug-likeness (QED) is 0.587. The molecular formula is C13H23N3O. The van der Waals surface area contributed by atoms with Gasteiger partial charge in [0.25, 0.3) is 0 Å². The number of methoxy groups -OCH3 is 1. The summed E-state index contributed by atoms with van der Waals surface area (Å²) in [6, 6.07) is 4.12. The van der Waals surface area contributed by atoms with Crippen molar-refractivity contribution in [1.82, 2.24) is 10.4 Å². The lowest BCUT2D eigenvalue weighted by atomic mass is 9.97. The third-order valence-corrected chi connectivity index (χ3v) is 3.08. The number of hydrogen-bond acceptors (Lipinski definition) is 4. The first-order chi connectivity index (χ1) is 7.98. The average molecular weight is 237 g/mol. The Hall–Kier alpha value is -0.970. The van der Waals surface area contributed by atoms with Gasteiger partial charge in [0.15, 0.2) is 0 Å². The third kappa shape index (κ3) is 4.42. The van der Waals surface area contributed by atoms with Crippen molar-refractivity contribution in [2.45, 2.75) is 45.3 Å². The summed E-state index contributed by atoms with van der Waals surface area (Å²) in [5, 5.41) is 0. The Morgan fingerprint density at radius 1 is 1.53 bits per heavy atom. The van der Waals surface area contributed by atoms with Crippen LogP contribution in [0.15, 0.2) is 18.3 Å². The first kappa shape index (κ1) is 14.1. The van der Waals surface area contributed by atoms with Crippen molar-refractivity contribution in [2.75, 3.05) is 7.11 Å². The Balaban J connectivity index is 2.66. The van der Waals surface area contributed by atoms with E-state index in [1.807, 2.05) is 12.3 Å². The van der Waals surface area contributed by atoms with Crippen molar-refractivity contribution in [3.05, 3.63) is 29.6 Å². The molecular weight excluding hydrogens is 214 g/mol. The molecule has 0 bridgehead atoms. The molecule has 4 nitrogen and oxygen atoms in total. The van der Waals surface area contributed by atoms with Crippen molar-refractivity contribution >= 4 is 0 Å². The van der Waals surface area contributed by atoms with E-state index in [-0.39, 0.29) is 11.6 Å². The van der Waals surface area contributed by atoms with Crippen LogP contribution in [0.4, 0.5) is 0 Å². The van der Waals surface area contributed by atoms with Crippen molar-refractivity contribution in [3.8, 4) is 0 Å². The van der Waals surface area contributed by atoms with Gasteiger partial charge in [0.2, 0.25) is 0 Å². The van der Waals surface area contributed by atoms with Crippen molar-refractivity contribution < 1.29 is 4.74 Å². The highest BCUT2D eigenvalue weighted by molar-refractivity contribution is 5.17. The van der Waals surface area contributed by atoms with Crippen LogP contribution in [-0.4, -0.2) is 17.7 Å². The SMILES string of the molecule is COC(C)(C)CCC(NN)c1cc(C)ccn1. The van der Waals surface area contributed by atoms with Gasteiger partial charge >= 0.3 is 0 Å². The van der Waals surface area contributed by atoms with E-state index in [4.69, 9.17) is 10.6 Å². The molecule has 0 radical (unpaired) electrons.